The molecule has 2 aromatic carbocycles. The number of aromatic nitrogens is 1. The minimum atomic E-state index is -0.380. The molecule has 6 heteroatoms. The van der Waals surface area contributed by atoms with E-state index in [-0.39, 0.29) is 17.6 Å². The highest BCUT2D eigenvalue weighted by molar-refractivity contribution is 6.02. The predicted molar refractivity (Wildman–Crippen MR) is 98.8 cm³/mol. The third kappa shape index (κ3) is 4.16. The van der Waals surface area contributed by atoms with E-state index in [9.17, 15) is 9.59 Å². The van der Waals surface area contributed by atoms with Gasteiger partial charge in [0, 0.05) is 24.4 Å². The SMILES string of the molecule is CNC(=O)Cc1ccc(NC(=O)c2cc(-c3ccc(C)cc3)no2)cc1. The highest BCUT2D eigenvalue weighted by Gasteiger charge is 2.14. The summed E-state index contributed by atoms with van der Waals surface area (Å²) in [5, 5.41) is 9.28. The largest absolute Gasteiger partial charge is 0.359 e. The maximum atomic E-state index is 12.3. The Hall–Kier alpha value is -3.41. The maximum Gasteiger partial charge on any atom is 0.294 e. The highest BCUT2D eigenvalue weighted by atomic mass is 16.5. The Bertz CT molecular complexity index is 912. The Labute approximate surface area is 151 Å². The second-order valence-corrected chi connectivity index (χ2v) is 5.94. The number of hydrogen-bond acceptors (Lipinski definition) is 4. The number of nitrogens with zero attached hydrogens (tertiary/aromatic N) is 1. The van der Waals surface area contributed by atoms with Crippen LogP contribution in [0.2, 0.25) is 0 Å². The number of likely N-dealkylation sites (N-methyl/N-ethyl adjacent to an activating group) is 1. The van der Waals surface area contributed by atoms with E-state index in [0.29, 0.717) is 17.8 Å². The van der Waals surface area contributed by atoms with Crippen LogP contribution in [0, 0.1) is 6.92 Å². The molecule has 3 rings (SSSR count). The summed E-state index contributed by atoms with van der Waals surface area (Å²) < 4.78 is 5.16. The summed E-state index contributed by atoms with van der Waals surface area (Å²) in [6.07, 6.45) is 0.298. The number of amides is 2. The fraction of sp³-hybridized carbons (Fsp3) is 0.150. The zero-order valence-corrected chi connectivity index (χ0v) is 14.6. The van der Waals surface area contributed by atoms with Crippen LogP contribution in [-0.4, -0.2) is 24.0 Å². The Morgan fingerprint density at radius 3 is 2.38 bits per heavy atom. The Kier molecular flexibility index (Phi) is 5.12. The van der Waals surface area contributed by atoms with Gasteiger partial charge in [0.25, 0.3) is 5.91 Å². The molecule has 132 valence electrons. The standard InChI is InChI=1S/C20H19N3O3/c1-13-3-7-15(8-4-13)17-12-18(26-23-17)20(25)22-16-9-5-14(6-10-16)11-19(24)21-2/h3-10,12H,11H2,1-2H3,(H,21,24)(H,22,25). The normalized spacial score (nSPS) is 10.4. The summed E-state index contributed by atoms with van der Waals surface area (Å²) in [6.45, 7) is 2.01. The van der Waals surface area contributed by atoms with E-state index in [1.807, 2.05) is 31.2 Å². The fourth-order valence-electron chi connectivity index (χ4n) is 2.41. The van der Waals surface area contributed by atoms with E-state index >= 15 is 0 Å². The minimum absolute atomic E-state index is 0.0629. The lowest BCUT2D eigenvalue weighted by Gasteiger charge is -2.04. The molecule has 6 nitrogen and oxygen atoms in total. The Morgan fingerprint density at radius 2 is 1.73 bits per heavy atom. The van der Waals surface area contributed by atoms with Gasteiger partial charge in [-0.15, -0.1) is 0 Å². The van der Waals surface area contributed by atoms with Crippen molar-refractivity contribution in [3.05, 3.63) is 71.5 Å². The number of carbonyl (C=O) groups is 2. The Morgan fingerprint density at radius 1 is 1.04 bits per heavy atom. The first-order valence-corrected chi connectivity index (χ1v) is 8.20. The molecule has 26 heavy (non-hydrogen) atoms. The van der Waals surface area contributed by atoms with Gasteiger partial charge in [0.05, 0.1) is 6.42 Å². The molecule has 0 aliphatic carbocycles. The van der Waals surface area contributed by atoms with Gasteiger partial charge in [0.15, 0.2) is 0 Å². The first-order valence-electron chi connectivity index (χ1n) is 8.20. The van der Waals surface area contributed by atoms with E-state index in [2.05, 4.69) is 15.8 Å². The molecular formula is C20H19N3O3. The van der Waals surface area contributed by atoms with Crippen molar-refractivity contribution >= 4 is 17.5 Å². The second kappa shape index (κ2) is 7.65. The molecule has 1 aromatic heterocycles. The zero-order chi connectivity index (χ0) is 18.5. The van der Waals surface area contributed by atoms with E-state index in [1.165, 1.54) is 0 Å². The quantitative estimate of drug-likeness (QED) is 0.741. The second-order valence-electron chi connectivity index (χ2n) is 5.94. The van der Waals surface area contributed by atoms with Crippen molar-refractivity contribution in [1.29, 1.82) is 0 Å². The molecule has 0 aliphatic rings. The average molecular weight is 349 g/mol. The van der Waals surface area contributed by atoms with Crippen molar-refractivity contribution in [3.8, 4) is 11.3 Å². The predicted octanol–water partition coefficient (Wildman–Crippen LogP) is 3.19. The van der Waals surface area contributed by atoms with Crippen LogP contribution >= 0.6 is 0 Å². The van der Waals surface area contributed by atoms with Crippen molar-refractivity contribution in [1.82, 2.24) is 10.5 Å². The van der Waals surface area contributed by atoms with E-state index in [4.69, 9.17) is 4.52 Å². The van der Waals surface area contributed by atoms with Crippen molar-refractivity contribution in [3.63, 3.8) is 0 Å². The van der Waals surface area contributed by atoms with Crippen LogP contribution in [0.15, 0.2) is 59.1 Å². The van der Waals surface area contributed by atoms with E-state index < -0.39 is 0 Å². The molecule has 3 aromatic rings. The van der Waals surface area contributed by atoms with Crippen LogP contribution in [0.4, 0.5) is 5.69 Å². The van der Waals surface area contributed by atoms with Crippen LogP contribution in [0.3, 0.4) is 0 Å². The first kappa shape index (κ1) is 17.4. The van der Waals surface area contributed by atoms with Crippen LogP contribution in [-0.2, 0) is 11.2 Å². The van der Waals surface area contributed by atoms with E-state index in [0.717, 1.165) is 16.7 Å². The number of anilines is 1. The molecule has 0 fully saturated rings. The molecule has 0 spiro atoms. The molecule has 0 saturated carbocycles. The summed E-state index contributed by atoms with van der Waals surface area (Å²) in [6, 6.07) is 16.5. The lowest BCUT2D eigenvalue weighted by molar-refractivity contribution is -0.119. The van der Waals surface area contributed by atoms with Crippen LogP contribution < -0.4 is 10.6 Å². The van der Waals surface area contributed by atoms with Gasteiger partial charge in [-0.05, 0) is 24.6 Å². The van der Waals surface area contributed by atoms with Crippen LogP contribution in [0.5, 0.6) is 0 Å². The molecule has 0 bridgehead atoms. The maximum absolute atomic E-state index is 12.3. The van der Waals surface area contributed by atoms with Crippen molar-refractivity contribution in [2.24, 2.45) is 0 Å². The molecule has 0 radical (unpaired) electrons. The van der Waals surface area contributed by atoms with Crippen molar-refractivity contribution < 1.29 is 14.1 Å². The topological polar surface area (TPSA) is 84.2 Å². The third-order valence-electron chi connectivity index (χ3n) is 3.94. The Balaban J connectivity index is 1.66. The lowest BCUT2D eigenvalue weighted by atomic mass is 10.1. The summed E-state index contributed by atoms with van der Waals surface area (Å²) >= 11 is 0. The highest BCUT2D eigenvalue weighted by Crippen LogP contribution is 2.20. The monoisotopic (exact) mass is 349 g/mol. The molecule has 2 amide bonds. The summed E-state index contributed by atoms with van der Waals surface area (Å²) in [5.41, 5.74) is 4.12. The number of nitrogens with one attached hydrogen (secondary N) is 2. The molecule has 0 saturated heterocycles. The summed E-state index contributed by atoms with van der Waals surface area (Å²) in [4.78, 5) is 23.7. The van der Waals surface area contributed by atoms with Crippen molar-refractivity contribution in [2.75, 3.05) is 12.4 Å². The summed E-state index contributed by atoms with van der Waals surface area (Å²) in [5.74, 6) is -0.308. The van der Waals surface area contributed by atoms with Gasteiger partial charge in [-0.1, -0.05) is 47.1 Å². The lowest BCUT2D eigenvalue weighted by Crippen LogP contribution is -2.19. The smallest absolute Gasteiger partial charge is 0.294 e. The molecular weight excluding hydrogens is 330 g/mol. The van der Waals surface area contributed by atoms with Gasteiger partial charge in [0.1, 0.15) is 5.69 Å². The number of carbonyl (C=O) groups excluding carboxylic acids is 2. The average Bonchev–Trinajstić information content (AvgIpc) is 3.14. The minimum Gasteiger partial charge on any atom is -0.359 e. The zero-order valence-electron chi connectivity index (χ0n) is 14.6. The first-order chi connectivity index (χ1) is 12.5. The van der Waals surface area contributed by atoms with Gasteiger partial charge < -0.3 is 15.2 Å². The summed E-state index contributed by atoms with van der Waals surface area (Å²) in [7, 11) is 1.60. The van der Waals surface area contributed by atoms with Gasteiger partial charge in [-0.3, -0.25) is 9.59 Å². The number of rotatable bonds is 5. The van der Waals surface area contributed by atoms with Gasteiger partial charge in [0.2, 0.25) is 11.7 Å². The molecule has 0 atom stereocenters. The van der Waals surface area contributed by atoms with E-state index in [1.54, 1.807) is 37.4 Å². The number of hydrogen-bond donors (Lipinski definition) is 2. The van der Waals surface area contributed by atoms with Crippen LogP contribution in [0.25, 0.3) is 11.3 Å². The molecule has 0 unspecified atom stereocenters. The molecule has 1 heterocycles. The molecule has 2 N–H and O–H groups in total. The third-order valence-corrected chi connectivity index (χ3v) is 3.94. The number of benzene rings is 2. The van der Waals surface area contributed by atoms with Gasteiger partial charge in [-0.2, -0.15) is 0 Å². The molecule has 0 aliphatic heterocycles. The van der Waals surface area contributed by atoms with Crippen LogP contribution in [0.1, 0.15) is 21.7 Å². The van der Waals surface area contributed by atoms with Crippen molar-refractivity contribution in [2.45, 2.75) is 13.3 Å². The fourth-order valence-corrected chi connectivity index (χ4v) is 2.41. The van der Waals surface area contributed by atoms with Gasteiger partial charge >= 0.3 is 0 Å². The number of aryl methyl sites for hydroxylation is 1. The van der Waals surface area contributed by atoms with Gasteiger partial charge in [-0.25, -0.2) is 0 Å².